The zero-order chi connectivity index (χ0) is 23.4. The van der Waals surface area contributed by atoms with Crippen LogP contribution in [0.5, 0.6) is 11.5 Å². The smallest absolute Gasteiger partial charge is 0.308 e. The summed E-state index contributed by atoms with van der Waals surface area (Å²) in [5.41, 5.74) is 2.06. The normalized spacial score (nSPS) is 24.9. The lowest BCUT2D eigenvalue weighted by Gasteiger charge is -2.36. The second kappa shape index (κ2) is 7.58. The maximum absolute atomic E-state index is 13.5. The van der Waals surface area contributed by atoms with Crippen LogP contribution < -0.4 is 19.3 Å². The van der Waals surface area contributed by atoms with E-state index in [9.17, 15) is 19.2 Å². The van der Waals surface area contributed by atoms with Gasteiger partial charge in [-0.3, -0.25) is 19.2 Å². The van der Waals surface area contributed by atoms with Gasteiger partial charge in [0.05, 0.1) is 30.7 Å². The van der Waals surface area contributed by atoms with Crippen LogP contribution in [0, 0.1) is 11.8 Å². The van der Waals surface area contributed by atoms with Gasteiger partial charge in [0.15, 0.2) is 5.78 Å². The Kier molecular flexibility index (Phi) is 4.81. The van der Waals surface area contributed by atoms with Crippen LogP contribution >= 0.6 is 0 Å². The van der Waals surface area contributed by atoms with Crippen molar-refractivity contribution in [2.45, 2.75) is 25.9 Å². The molecule has 3 heterocycles. The van der Waals surface area contributed by atoms with Gasteiger partial charge in [0.1, 0.15) is 17.5 Å². The third-order valence-corrected chi connectivity index (χ3v) is 6.49. The molecule has 5 rings (SSSR count). The Morgan fingerprint density at radius 2 is 1.58 bits per heavy atom. The highest BCUT2D eigenvalue weighted by Gasteiger charge is 2.63. The number of Topliss-reactive ketones (excluding diaryl/α,β-unsaturated/α-hetero) is 1. The van der Waals surface area contributed by atoms with E-state index in [1.54, 1.807) is 25.3 Å². The number of benzene rings is 2. The lowest BCUT2D eigenvalue weighted by Crippen LogP contribution is -2.48. The fraction of sp³-hybridized carbons (Fsp3) is 0.280. The summed E-state index contributed by atoms with van der Waals surface area (Å²) in [6.07, 6.45) is 3.80. The molecule has 2 aromatic rings. The Balaban J connectivity index is 1.53. The molecule has 0 saturated carbocycles. The molecule has 8 heteroatoms. The van der Waals surface area contributed by atoms with E-state index in [1.807, 2.05) is 29.2 Å². The molecule has 0 aromatic heterocycles. The highest BCUT2D eigenvalue weighted by atomic mass is 16.5. The largest absolute Gasteiger partial charge is 0.497 e. The first kappa shape index (κ1) is 20.9. The van der Waals surface area contributed by atoms with E-state index in [0.717, 1.165) is 16.2 Å². The van der Waals surface area contributed by atoms with Crippen LogP contribution in [0.25, 0.3) is 6.08 Å². The summed E-state index contributed by atoms with van der Waals surface area (Å²) >= 11 is 0. The minimum atomic E-state index is -0.786. The lowest BCUT2D eigenvalue weighted by atomic mass is 9.88. The van der Waals surface area contributed by atoms with Crippen molar-refractivity contribution < 1.29 is 28.7 Å². The van der Waals surface area contributed by atoms with Gasteiger partial charge in [0.2, 0.25) is 11.8 Å². The predicted octanol–water partition coefficient (Wildman–Crippen LogP) is 2.60. The highest BCUT2D eigenvalue weighted by Crippen LogP contribution is 2.49. The lowest BCUT2D eigenvalue weighted by molar-refractivity contribution is -0.132. The van der Waals surface area contributed by atoms with Crippen LogP contribution in [-0.4, -0.2) is 42.8 Å². The number of anilines is 2. The zero-order valence-corrected chi connectivity index (χ0v) is 18.3. The average Bonchev–Trinajstić information content (AvgIpc) is 3.26. The molecule has 0 unspecified atom stereocenters. The van der Waals surface area contributed by atoms with Gasteiger partial charge in [-0.05, 0) is 49.4 Å². The molecule has 0 bridgehead atoms. The number of carbonyl (C=O) groups excluding carboxylic acids is 4. The fourth-order valence-corrected chi connectivity index (χ4v) is 5.22. The van der Waals surface area contributed by atoms with Crippen molar-refractivity contribution in [1.82, 2.24) is 0 Å². The quantitative estimate of drug-likeness (QED) is 0.405. The molecule has 8 nitrogen and oxygen atoms in total. The molecule has 0 radical (unpaired) electrons. The summed E-state index contributed by atoms with van der Waals surface area (Å²) in [5, 5.41) is 0. The van der Waals surface area contributed by atoms with Crippen LogP contribution in [0.1, 0.15) is 19.4 Å². The SMILES string of the molecule is COc1ccc2c(c1)C=C[C@@H]1[C@@H]3C(=O)N(c4ccc(OC(C)=O)cc4)C(=O)[C@H]3[C@@H](C(C)=O)N21. The first-order valence-corrected chi connectivity index (χ1v) is 10.6. The number of hydrogen-bond donors (Lipinski definition) is 0. The molecule has 168 valence electrons. The highest BCUT2D eigenvalue weighted by molar-refractivity contribution is 6.24. The average molecular weight is 446 g/mol. The summed E-state index contributed by atoms with van der Waals surface area (Å²) < 4.78 is 10.3. The Morgan fingerprint density at radius 3 is 2.21 bits per heavy atom. The molecular weight excluding hydrogens is 424 g/mol. The number of methoxy groups -OCH3 is 1. The Hall–Kier alpha value is -3.94. The molecular formula is C25H22N2O6. The fourth-order valence-electron chi connectivity index (χ4n) is 5.22. The Bertz CT molecular complexity index is 1220. The van der Waals surface area contributed by atoms with E-state index in [1.165, 1.54) is 26.0 Å². The second-order valence-electron chi connectivity index (χ2n) is 8.39. The second-order valence-corrected chi connectivity index (χ2v) is 8.39. The standard InChI is InChI=1S/C25H22N2O6/c1-13(28)23-22-21(20-10-4-15-12-18(32-3)9-11-19(15)27(20)23)24(30)26(25(22)31)16-5-7-17(8-6-16)33-14(2)29/h4-12,20-23H,1-3H3/t20-,21+,22-,23-/m1/s1. The number of hydrogen-bond acceptors (Lipinski definition) is 7. The number of esters is 1. The van der Waals surface area contributed by atoms with Gasteiger partial charge in [0, 0.05) is 18.2 Å². The van der Waals surface area contributed by atoms with Gasteiger partial charge in [-0.25, -0.2) is 4.90 Å². The third kappa shape index (κ3) is 3.13. The third-order valence-electron chi connectivity index (χ3n) is 6.49. The number of carbonyl (C=O) groups is 4. The number of amides is 2. The van der Waals surface area contributed by atoms with Crippen LogP contribution in [0.15, 0.2) is 48.5 Å². The monoisotopic (exact) mass is 446 g/mol. The number of imide groups is 1. The van der Waals surface area contributed by atoms with Crippen LogP contribution in [0.2, 0.25) is 0 Å². The molecule has 2 aromatic carbocycles. The molecule has 3 aliphatic heterocycles. The zero-order valence-electron chi connectivity index (χ0n) is 18.3. The van der Waals surface area contributed by atoms with Crippen LogP contribution in [0.3, 0.4) is 0 Å². The summed E-state index contributed by atoms with van der Waals surface area (Å²) in [7, 11) is 1.58. The summed E-state index contributed by atoms with van der Waals surface area (Å²) in [5.74, 6) is -1.83. The minimum Gasteiger partial charge on any atom is -0.497 e. The molecule has 2 amide bonds. The van der Waals surface area contributed by atoms with E-state index < -0.39 is 35.8 Å². The predicted molar refractivity (Wildman–Crippen MR) is 120 cm³/mol. The van der Waals surface area contributed by atoms with Gasteiger partial charge < -0.3 is 14.4 Å². The summed E-state index contributed by atoms with van der Waals surface area (Å²) in [6, 6.07) is 10.6. The van der Waals surface area contributed by atoms with Gasteiger partial charge >= 0.3 is 5.97 Å². The van der Waals surface area contributed by atoms with Crippen LogP contribution in [-0.2, 0) is 19.2 Å². The van der Waals surface area contributed by atoms with E-state index in [0.29, 0.717) is 17.2 Å². The molecule has 2 saturated heterocycles. The van der Waals surface area contributed by atoms with Crippen molar-refractivity contribution in [2.24, 2.45) is 11.8 Å². The van der Waals surface area contributed by atoms with Gasteiger partial charge in [-0.1, -0.05) is 12.2 Å². The topological polar surface area (TPSA) is 93.2 Å². The number of ketones is 1. The van der Waals surface area contributed by atoms with E-state index in [2.05, 4.69) is 0 Å². The molecule has 4 atom stereocenters. The van der Waals surface area contributed by atoms with Crippen molar-refractivity contribution in [3.63, 3.8) is 0 Å². The van der Waals surface area contributed by atoms with Crippen molar-refractivity contribution in [1.29, 1.82) is 0 Å². The Labute approximate surface area is 190 Å². The number of ether oxygens (including phenoxy) is 2. The maximum atomic E-state index is 13.5. The van der Waals surface area contributed by atoms with Crippen molar-refractivity contribution in [3.05, 3.63) is 54.1 Å². The molecule has 0 spiro atoms. The molecule has 0 aliphatic carbocycles. The summed E-state index contributed by atoms with van der Waals surface area (Å²) in [6.45, 7) is 2.75. The van der Waals surface area contributed by atoms with Gasteiger partial charge in [0.25, 0.3) is 0 Å². The number of nitrogens with zero attached hydrogens (tertiary/aromatic N) is 2. The number of fused-ring (bicyclic) bond motifs is 5. The van der Waals surface area contributed by atoms with E-state index in [-0.39, 0.29) is 11.7 Å². The molecule has 33 heavy (non-hydrogen) atoms. The number of rotatable bonds is 4. The Morgan fingerprint density at radius 1 is 0.909 bits per heavy atom. The maximum Gasteiger partial charge on any atom is 0.308 e. The van der Waals surface area contributed by atoms with Crippen LogP contribution in [0.4, 0.5) is 11.4 Å². The minimum absolute atomic E-state index is 0.169. The van der Waals surface area contributed by atoms with E-state index >= 15 is 0 Å². The van der Waals surface area contributed by atoms with Crippen molar-refractivity contribution >= 4 is 41.0 Å². The van der Waals surface area contributed by atoms with Crippen molar-refractivity contribution in [3.8, 4) is 11.5 Å². The first-order chi connectivity index (χ1) is 15.8. The molecule has 0 N–H and O–H groups in total. The molecule has 2 fully saturated rings. The molecule has 3 aliphatic rings. The van der Waals surface area contributed by atoms with Gasteiger partial charge in [-0.15, -0.1) is 0 Å². The van der Waals surface area contributed by atoms with Gasteiger partial charge in [-0.2, -0.15) is 0 Å². The van der Waals surface area contributed by atoms with E-state index in [4.69, 9.17) is 9.47 Å². The summed E-state index contributed by atoms with van der Waals surface area (Å²) in [4.78, 5) is 54.1. The first-order valence-electron chi connectivity index (χ1n) is 10.6. The van der Waals surface area contributed by atoms with Crippen molar-refractivity contribution in [2.75, 3.05) is 16.9 Å².